The van der Waals surface area contributed by atoms with E-state index < -0.39 is 0 Å². The first-order valence-electron chi connectivity index (χ1n) is 7.73. The fourth-order valence-corrected chi connectivity index (χ4v) is 2.25. The van der Waals surface area contributed by atoms with Crippen LogP contribution in [0.3, 0.4) is 0 Å². The fourth-order valence-electron chi connectivity index (χ4n) is 2.25. The largest absolute Gasteiger partial charge is 0.497 e. The number of imidazole rings is 1. The molecule has 0 unspecified atom stereocenters. The molecule has 0 fully saturated rings. The van der Waals surface area contributed by atoms with Crippen LogP contribution in [0.4, 0.5) is 10.5 Å². The Bertz CT molecular complexity index is 817. The molecule has 2 N–H and O–H groups in total. The minimum absolute atomic E-state index is 0.275. The van der Waals surface area contributed by atoms with Gasteiger partial charge in [-0.2, -0.15) is 0 Å². The van der Waals surface area contributed by atoms with Crippen LogP contribution >= 0.6 is 0 Å². The van der Waals surface area contributed by atoms with Crippen molar-refractivity contribution in [2.75, 3.05) is 19.0 Å². The predicted octanol–water partition coefficient (Wildman–Crippen LogP) is 2.17. The zero-order valence-corrected chi connectivity index (χ0v) is 13.7. The van der Waals surface area contributed by atoms with Crippen molar-refractivity contribution in [3.8, 4) is 17.4 Å². The minimum atomic E-state index is -0.275. The summed E-state index contributed by atoms with van der Waals surface area (Å²) >= 11 is 0. The van der Waals surface area contributed by atoms with Gasteiger partial charge in [0.2, 0.25) is 0 Å². The lowest BCUT2D eigenvalue weighted by Crippen LogP contribution is -2.31. The monoisotopic (exact) mass is 338 g/mol. The van der Waals surface area contributed by atoms with Gasteiger partial charge in [0.05, 0.1) is 7.11 Å². The number of rotatable bonds is 6. The van der Waals surface area contributed by atoms with Crippen molar-refractivity contribution < 1.29 is 9.53 Å². The second kappa shape index (κ2) is 7.91. The standard InChI is InChI=1S/C17H18N6O2/c1-25-14-5-3-13(4-6-14)22-17(24)21-10-12-23-11-9-20-16(23)15-18-7-2-8-19-15/h2-9,11H,10,12H2,1H3,(H2,21,22,24). The Kier molecular flexibility index (Phi) is 5.20. The SMILES string of the molecule is COc1ccc(NC(=O)NCCn2ccnc2-c2ncccn2)cc1. The first kappa shape index (κ1) is 16.4. The summed E-state index contributed by atoms with van der Waals surface area (Å²) in [4.78, 5) is 24.6. The van der Waals surface area contributed by atoms with Crippen LogP contribution in [0.5, 0.6) is 5.75 Å². The molecular weight excluding hydrogens is 320 g/mol. The fraction of sp³-hybridized carbons (Fsp3) is 0.176. The summed E-state index contributed by atoms with van der Waals surface area (Å²) in [6, 6.07) is 8.60. The van der Waals surface area contributed by atoms with Crippen LogP contribution in [0.2, 0.25) is 0 Å². The Hall–Kier alpha value is -3.42. The molecular formula is C17H18N6O2. The molecule has 25 heavy (non-hydrogen) atoms. The number of hydrogen-bond acceptors (Lipinski definition) is 5. The highest BCUT2D eigenvalue weighted by atomic mass is 16.5. The average molecular weight is 338 g/mol. The van der Waals surface area contributed by atoms with Gasteiger partial charge >= 0.3 is 6.03 Å². The lowest BCUT2D eigenvalue weighted by molar-refractivity contribution is 0.251. The zero-order chi connectivity index (χ0) is 17.5. The van der Waals surface area contributed by atoms with E-state index in [9.17, 15) is 4.79 Å². The highest BCUT2D eigenvalue weighted by Gasteiger charge is 2.08. The first-order valence-corrected chi connectivity index (χ1v) is 7.73. The van der Waals surface area contributed by atoms with Crippen molar-refractivity contribution in [1.29, 1.82) is 0 Å². The van der Waals surface area contributed by atoms with Crippen LogP contribution < -0.4 is 15.4 Å². The molecule has 1 aromatic carbocycles. The third-order valence-corrected chi connectivity index (χ3v) is 3.47. The molecule has 8 nitrogen and oxygen atoms in total. The number of nitrogens with one attached hydrogen (secondary N) is 2. The Balaban J connectivity index is 1.51. The van der Waals surface area contributed by atoms with Crippen LogP contribution in [0.25, 0.3) is 11.6 Å². The van der Waals surface area contributed by atoms with Gasteiger partial charge in [-0.1, -0.05) is 0 Å². The number of benzene rings is 1. The maximum absolute atomic E-state index is 11.9. The van der Waals surface area contributed by atoms with Crippen LogP contribution in [0, 0.1) is 0 Å². The van der Waals surface area contributed by atoms with E-state index in [4.69, 9.17) is 4.74 Å². The van der Waals surface area contributed by atoms with Crippen LogP contribution in [-0.2, 0) is 6.54 Å². The van der Waals surface area contributed by atoms with Crippen LogP contribution in [0.1, 0.15) is 0 Å². The lowest BCUT2D eigenvalue weighted by Gasteiger charge is -2.10. The number of carbonyl (C=O) groups excluding carboxylic acids is 1. The molecule has 0 aliphatic heterocycles. The van der Waals surface area contributed by atoms with Gasteiger partial charge in [0.15, 0.2) is 11.6 Å². The number of anilines is 1. The Morgan fingerprint density at radius 2 is 1.88 bits per heavy atom. The maximum atomic E-state index is 11.9. The first-order chi connectivity index (χ1) is 12.3. The zero-order valence-electron chi connectivity index (χ0n) is 13.7. The molecule has 0 bridgehead atoms. The van der Waals surface area contributed by atoms with E-state index in [1.807, 2.05) is 10.8 Å². The van der Waals surface area contributed by atoms with E-state index in [0.717, 1.165) is 5.75 Å². The number of aromatic nitrogens is 4. The molecule has 0 radical (unpaired) electrons. The molecule has 2 heterocycles. The Morgan fingerprint density at radius 3 is 2.60 bits per heavy atom. The smallest absolute Gasteiger partial charge is 0.319 e. The molecule has 0 saturated heterocycles. The van der Waals surface area contributed by atoms with Gasteiger partial charge in [-0.15, -0.1) is 0 Å². The van der Waals surface area contributed by atoms with Gasteiger partial charge in [0.25, 0.3) is 0 Å². The molecule has 128 valence electrons. The summed E-state index contributed by atoms with van der Waals surface area (Å²) < 4.78 is 6.97. The van der Waals surface area contributed by atoms with E-state index in [-0.39, 0.29) is 6.03 Å². The molecule has 0 spiro atoms. The van der Waals surface area contributed by atoms with Crippen molar-refractivity contribution >= 4 is 11.7 Å². The van der Waals surface area contributed by atoms with Crippen molar-refractivity contribution in [2.45, 2.75) is 6.54 Å². The third-order valence-electron chi connectivity index (χ3n) is 3.47. The van der Waals surface area contributed by atoms with Crippen molar-refractivity contribution in [3.63, 3.8) is 0 Å². The normalized spacial score (nSPS) is 10.3. The summed E-state index contributed by atoms with van der Waals surface area (Å²) in [5.74, 6) is 1.95. The van der Waals surface area contributed by atoms with E-state index in [1.54, 1.807) is 56.0 Å². The number of carbonyl (C=O) groups is 1. The summed E-state index contributed by atoms with van der Waals surface area (Å²) in [7, 11) is 1.60. The number of methoxy groups -OCH3 is 1. The topological polar surface area (TPSA) is 94.0 Å². The van der Waals surface area contributed by atoms with Crippen LogP contribution in [-0.4, -0.2) is 39.2 Å². The van der Waals surface area contributed by atoms with Gasteiger partial charge in [-0.05, 0) is 30.3 Å². The summed E-state index contributed by atoms with van der Waals surface area (Å²) in [6.07, 6.45) is 6.85. The minimum Gasteiger partial charge on any atom is -0.497 e. The number of hydrogen-bond donors (Lipinski definition) is 2. The molecule has 0 saturated carbocycles. The van der Waals surface area contributed by atoms with Gasteiger partial charge < -0.3 is 19.9 Å². The second-order valence-electron chi connectivity index (χ2n) is 5.13. The molecule has 0 aliphatic carbocycles. The van der Waals surface area contributed by atoms with E-state index in [1.165, 1.54) is 0 Å². The molecule has 3 rings (SSSR count). The summed E-state index contributed by atoms with van der Waals surface area (Å²) in [5, 5.41) is 5.57. The third kappa shape index (κ3) is 4.31. The molecule has 3 aromatic rings. The van der Waals surface area contributed by atoms with Crippen molar-refractivity contribution in [1.82, 2.24) is 24.8 Å². The van der Waals surface area contributed by atoms with Gasteiger partial charge in [0, 0.05) is 43.6 Å². The number of ether oxygens (including phenoxy) is 1. The molecule has 2 amide bonds. The molecule has 2 aromatic heterocycles. The lowest BCUT2D eigenvalue weighted by atomic mass is 10.3. The Morgan fingerprint density at radius 1 is 1.12 bits per heavy atom. The summed E-state index contributed by atoms with van der Waals surface area (Å²) in [5.41, 5.74) is 0.694. The van der Waals surface area contributed by atoms with Gasteiger partial charge in [-0.25, -0.2) is 19.7 Å². The van der Waals surface area contributed by atoms with E-state index >= 15 is 0 Å². The number of urea groups is 1. The predicted molar refractivity (Wildman–Crippen MR) is 93.3 cm³/mol. The molecule has 0 atom stereocenters. The molecule has 8 heteroatoms. The molecule has 0 aliphatic rings. The Labute approximate surface area is 144 Å². The van der Waals surface area contributed by atoms with Crippen molar-refractivity contribution in [2.24, 2.45) is 0 Å². The van der Waals surface area contributed by atoms with Gasteiger partial charge in [-0.3, -0.25) is 0 Å². The quantitative estimate of drug-likeness (QED) is 0.718. The number of nitrogens with zero attached hydrogens (tertiary/aromatic N) is 4. The number of amides is 2. The van der Waals surface area contributed by atoms with Gasteiger partial charge in [0.1, 0.15) is 5.75 Å². The van der Waals surface area contributed by atoms with E-state index in [2.05, 4.69) is 25.6 Å². The van der Waals surface area contributed by atoms with Crippen LogP contribution in [0.15, 0.2) is 55.1 Å². The summed E-state index contributed by atoms with van der Waals surface area (Å²) in [6.45, 7) is 1.00. The van der Waals surface area contributed by atoms with E-state index in [0.29, 0.717) is 30.4 Å². The van der Waals surface area contributed by atoms with Crippen molar-refractivity contribution in [3.05, 3.63) is 55.1 Å². The average Bonchev–Trinajstić information content (AvgIpc) is 3.11. The maximum Gasteiger partial charge on any atom is 0.319 e. The highest BCUT2D eigenvalue weighted by Crippen LogP contribution is 2.14. The second-order valence-corrected chi connectivity index (χ2v) is 5.13. The highest BCUT2D eigenvalue weighted by molar-refractivity contribution is 5.89.